The fraction of sp³-hybridized carbons (Fsp3) is 0.357. The number of hydrogen-bond donors (Lipinski definition) is 0. The van der Waals surface area contributed by atoms with Gasteiger partial charge in [-0.1, -0.05) is 29.0 Å². The van der Waals surface area contributed by atoms with E-state index in [1.54, 1.807) is 19.2 Å². The van der Waals surface area contributed by atoms with Crippen LogP contribution in [0.15, 0.2) is 18.2 Å². The van der Waals surface area contributed by atoms with Gasteiger partial charge in [-0.3, -0.25) is 4.79 Å². The summed E-state index contributed by atoms with van der Waals surface area (Å²) in [7, 11) is 1.64. The van der Waals surface area contributed by atoms with Crippen molar-refractivity contribution in [2.24, 2.45) is 0 Å². The molecule has 0 saturated heterocycles. The average molecular weight is 463 g/mol. The maximum Gasteiger partial charge on any atom is 0.235 e. The first kappa shape index (κ1) is 18.0. The van der Waals surface area contributed by atoms with Crippen LogP contribution in [-0.4, -0.2) is 28.4 Å². The van der Waals surface area contributed by atoms with E-state index in [-0.39, 0.29) is 42.5 Å². The molecule has 105 valence electrons. The molecule has 0 spiro atoms. The fourth-order valence-corrected chi connectivity index (χ4v) is 2.57. The summed E-state index contributed by atoms with van der Waals surface area (Å²) in [6.07, 6.45) is 3.60. The predicted molar refractivity (Wildman–Crippen MR) is 79.4 cm³/mol. The molecular formula is C14H14FINO2Y-. The van der Waals surface area contributed by atoms with Gasteiger partial charge in [-0.05, 0) is 19.1 Å². The summed E-state index contributed by atoms with van der Waals surface area (Å²) in [5.41, 5.74) is 0.876. The molecule has 2 rings (SSSR count). The second-order valence-corrected chi connectivity index (χ2v) is 5.67. The van der Waals surface area contributed by atoms with Gasteiger partial charge < -0.3 is 9.64 Å². The quantitative estimate of drug-likeness (QED) is 0.392. The molecule has 0 bridgehead atoms. The van der Waals surface area contributed by atoms with E-state index in [0.29, 0.717) is 30.0 Å². The second kappa shape index (κ2) is 7.85. The van der Waals surface area contributed by atoms with Gasteiger partial charge in [0.1, 0.15) is 5.75 Å². The molecule has 0 saturated carbocycles. The Morgan fingerprint density at radius 3 is 2.85 bits per heavy atom. The van der Waals surface area contributed by atoms with Crippen LogP contribution in [0, 0.1) is 11.9 Å². The Labute approximate surface area is 157 Å². The summed E-state index contributed by atoms with van der Waals surface area (Å²) in [6.45, 7) is 2.33. The largest absolute Gasteiger partial charge is 0.494 e. The Kier molecular flexibility index (Phi) is 7.08. The Morgan fingerprint density at radius 2 is 2.25 bits per heavy atom. The van der Waals surface area contributed by atoms with E-state index in [4.69, 9.17) is 4.74 Å². The molecule has 20 heavy (non-hydrogen) atoms. The summed E-state index contributed by atoms with van der Waals surface area (Å²) < 4.78 is 19.2. The van der Waals surface area contributed by atoms with Gasteiger partial charge in [0.2, 0.25) is 5.91 Å². The summed E-state index contributed by atoms with van der Waals surface area (Å²) in [4.78, 5) is 13.4. The van der Waals surface area contributed by atoms with Crippen molar-refractivity contribution in [2.75, 3.05) is 13.7 Å². The Hall–Kier alpha value is -0.00610. The smallest absolute Gasteiger partial charge is 0.235 e. The van der Waals surface area contributed by atoms with Crippen LogP contribution >= 0.6 is 22.6 Å². The van der Waals surface area contributed by atoms with Crippen LogP contribution in [0.5, 0.6) is 5.75 Å². The normalized spacial score (nSPS) is 18.4. The molecule has 0 N–H and O–H groups in total. The minimum atomic E-state index is -0.403. The zero-order valence-corrected chi connectivity index (χ0v) is 16.3. The van der Waals surface area contributed by atoms with Crippen LogP contribution in [0.2, 0.25) is 0 Å². The molecule has 1 heterocycles. The molecule has 1 aliphatic rings. The van der Waals surface area contributed by atoms with Gasteiger partial charge in [-0.2, -0.15) is 0 Å². The van der Waals surface area contributed by atoms with Crippen molar-refractivity contribution in [3.8, 4) is 5.75 Å². The van der Waals surface area contributed by atoms with Crippen LogP contribution in [0.25, 0.3) is 5.70 Å². The van der Waals surface area contributed by atoms with E-state index < -0.39 is 5.82 Å². The number of carbonyl (C=O) groups is 1. The Bertz CT molecular complexity index is 536. The number of benzene rings is 1. The molecule has 3 nitrogen and oxygen atoms in total. The van der Waals surface area contributed by atoms with Crippen molar-refractivity contribution >= 4 is 34.2 Å². The van der Waals surface area contributed by atoms with Crippen molar-refractivity contribution in [3.63, 3.8) is 0 Å². The van der Waals surface area contributed by atoms with Gasteiger partial charge in [0, 0.05) is 39.8 Å². The van der Waals surface area contributed by atoms with Crippen LogP contribution in [-0.2, 0) is 37.5 Å². The maximum absolute atomic E-state index is 14.1. The van der Waals surface area contributed by atoms with Crippen LogP contribution in [0.4, 0.5) is 4.39 Å². The number of rotatable bonds is 3. The van der Waals surface area contributed by atoms with Crippen LogP contribution in [0.3, 0.4) is 0 Å². The third kappa shape index (κ3) is 3.80. The van der Waals surface area contributed by atoms with E-state index in [1.165, 1.54) is 11.0 Å². The first-order chi connectivity index (χ1) is 9.04. The number of allylic oxidation sites excluding steroid dienone is 1. The molecule has 1 radical (unpaired) electrons. The average Bonchev–Trinajstić information content (AvgIpc) is 2.38. The predicted octanol–water partition coefficient (Wildman–Crippen LogP) is 3.03. The zero-order valence-electron chi connectivity index (χ0n) is 11.3. The minimum absolute atomic E-state index is 0. The monoisotopic (exact) mass is 463 g/mol. The number of halogens is 2. The minimum Gasteiger partial charge on any atom is -0.494 e. The first-order valence-corrected chi connectivity index (χ1v) is 7.24. The number of nitrogens with zero attached hydrogens (tertiary/aromatic N) is 1. The van der Waals surface area contributed by atoms with Gasteiger partial charge in [0.15, 0.2) is 0 Å². The van der Waals surface area contributed by atoms with Gasteiger partial charge in [0.05, 0.1) is 16.3 Å². The van der Waals surface area contributed by atoms with Gasteiger partial charge >= 0.3 is 0 Å². The molecule has 0 aromatic heterocycles. The van der Waals surface area contributed by atoms with Crippen molar-refractivity contribution in [1.82, 2.24) is 4.90 Å². The zero-order chi connectivity index (χ0) is 14.0. The summed E-state index contributed by atoms with van der Waals surface area (Å²) in [5, 5.41) is 0. The van der Waals surface area contributed by atoms with Gasteiger partial charge in [0.25, 0.3) is 0 Å². The molecule has 1 unspecified atom stereocenters. The molecule has 1 aliphatic heterocycles. The van der Waals surface area contributed by atoms with E-state index in [0.717, 1.165) is 0 Å². The SMILES string of the molecule is CCOc1ccc(C2=[C-]CC(I)C(=O)N2C)c(F)c1.[Y]. The molecule has 1 aromatic carbocycles. The molecule has 0 aliphatic carbocycles. The van der Waals surface area contributed by atoms with Crippen LogP contribution < -0.4 is 4.74 Å². The number of alkyl halides is 1. The van der Waals surface area contributed by atoms with Crippen molar-refractivity contribution in [2.45, 2.75) is 17.3 Å². The number of hydrogen-bond acceptors (Lipinski definition) is 2. The molecular weight excluding hydrogens is 449 g/mol. The van der Waals surface area contributed by atoms with Gasteiger partial charge in [-0.15, -0.1) is 17.3 Å². The van der Waals surface area contributed by atoms with E-state index in [1.807, 2.05) is 6.92 Å². The van der Waals surface area contributed by atoms with Crippen molar-refractivity contribution in [1.29, 1.82) is 0 Å². The third-order valence-corrected chi connectivity index (χ3v) is 3.86. The van der Waals surface area contributed by atoms with Gasteiger partial charge in [-0.25, -0.2) is 10.5 Å². The molecule has 1 amide bonds. The van der Waals surface area contributed by atoms with Crippen molar-refractivity contribution in [3.05, 3.63) is 35.7 Å². The van der Waals surface area contributed by atoms with Crippen molar-refractivity contribution < 1.29 is 46.6 Å². The second-order valence-electron chi connectivity index (χ2n) is 4.17. The summed E-state index contributed by atoms with van der Waals surface area (Å²) >= 11 is 2.07. The molecule has 6 heteroatoms. The first-order valence-electron chi connectivity index (χ1n) is 5.99. The molecule has 1 aromatic rings. The topological polar surface area (TPSA) is 29.5 Å². The Morgan fingerprint density at radius 1 is 1.55 bits per heavy atom. The Balaban J connectivity index is 0.00000200. The third-order valence-electron chi connectivity index (χ3n) is 2.89. The molecule has 0 fully saturated rings. The number of carbonyl (C=O) groups excluding carboxylic acids is 1. The summed E-state index contributed by atoms with van der Waals surface area (Å²) in [6, 6.07) is 4.66. The van der Waals surface area contributed by atoms with E-state index in [2.05, 4.69) is 28.7 Å². The van der Waals surface area contributed by atoms with E-state index >= 15 is 0 Å². The number of ether oxygens (including phenoxy) is 1. The standard InChI is InChI=1S/C14H14FINO2.Y/c1-3-19-9-4-5-10(11(15)8-9)13-7-6-12(16)14(18)17(13)2;/h4-5,8,12H,3,6H2,1-2H3;/q-1;. The maximum atomic E-state index is 14.1. The van der Waals surface area contributed by atoms with E-state index in [9.17, 15) is 9.18 Å². The molecule has 1 atom stereocenters. The number of amides is 1. The summed E-state index contributed by atoms with van der Waals surface area (Å²) in [5.74, 6) is 0.0588. The fourth-order valence-electron chi connectivity index (χ4n) is 1.93. The van der Waals surface area contributed by atoms with Crippen LogP contribution in [0.1, 0.15) is 18.9 Å².